The lowest BCUT2D eigenvalue weighted by Crippen LogP contribution is -2.43. The summed E-state index contributed by atoms with van der Waals surface area (Å²) in [5.41, 5.74) is 39.7. The van der Waals surface area contributed by atoms with Gasteiger partial charge in [-0.05, 0) is 122 Å². The third kappa shape index (κ3) is 23.5. The molecule has 0 aliphatic heterocycles. The highest BCUT2D eigenvalue weighted by Crippen LogP contribution is 2.26. The molecule has 0 saturated heterocycles. The predicted octanol–water partition coefficient (Wildman–Crippen LogP) is 0.388. The number of urea groups is 3. The molecule has 29 nitrogen and oxygen atoms in total. The summed E-state index contributed by atoms with van der Waals surface area (Å²) in [5, 5.41) is 15.6. The maximum atomic E-state index is 14.4. The lowest BCUT2D eigenvalue weighted by molar-refractivity contribution is -0.121. The van der Waals surface area contributed by atoms with Crippen molar-refractivity contribution in [2.75, 3.05) is 54.6 Å². The number of nitrogens with one attached hydrogen (secondary N) is 6. The number of methoxy groups -OCH3 is 4. The van der Waals surface area contributed by atoms with Crippen LogP contribution in [0.15, 0.2) is 77.8 Å². The smallest absolute Gasteiger partial charge is 0.312 e. The molecule has 29 heteroatoms. The maximum Gasteiger partial charge on any atom is 0.312 e. The van der Waals surface area contributed by atoms with Crippen molar-refractivity contribution >= 4 is 70.8 Å². The van der Waals surface area contributed by atoms with E-state index in [0.717, 1.165) is 0 Å². The molecule has 0 bridgehead atoms. The number of nitrogens with zero attached hydrogens (tertiary/aromatic N) is 1. The number of amides is 10. The monoisotopic (exact) mass is 1240 g/mol. The summed E-state index contributed by atoms with van der Waals surface area (Å²) in [6.45, 7) is 0.442. The van der Waals surface area contributed by atoms with Crippen LogP contribution in [-0.2, 0) is 44.9 Å². The van der Waals surface area contributed by atoms with Crippen molar-refractivity contribution < 1.29 is 71.7 Å². The first-order valence-corrected chi connectivity index (χ1v) is 28.3. The zero-order chi connectivity index (χ0) is 65.7. The van der Waals surface area contributed by atoms with Crippen LogP contribution in [0.1, 0.15) is 115 Å². The van der Waals surface area contributed by atoms with Crippen molar-refractivity contribution in [2.45, 2.75) is 101 Å². The second-order valence-corrected chi connectivity index (χ2v) is 20.5. The first-order chi connectivity index (χ1) is 42.4. The topological polar surface area (TPSA) is 491 Å². The molecule has 0 aliphatic rings. The summed E-state index contributed by atoms with van der Waals surface area (Å²) in [7, 11) is 5.34. The minimum Gasteiger partial charge on any atom is -0.496 e. The van der Waals surface area contributed by atoms with Gasteiger partial charge in [0.25, 0.3) is 23.6 Å². The molecule has 89 heavy (non-hydrogen) atoms. The Morgan fingerprint density at radius 1 is 0.404 bits per heavy atom. The molecule has 480 valence electrons. The van der Waals surface area contributed by atoms with Crippen LogP contribution in [0.5, 0.6) is 23.0 Å². The van der Waals surface area contributed by atoms with Crippen molar-refractivity contribution in [1.82, 2.24) is 31.9 Å². The molecule has 4 rings (SSSR count). The summed E-state index contributed by atoms with van der Waals surface area (Å²) in [6, 6.07) is 11.1. The maximum absolute atomic E-state index is 14.4. The molecule has 0 saturated carbocycles. The van der Waals surface area contributed by atoms with E-state index in [1.807, 2.05) is 0 Å². The van der Waals surface area contributed by atoms with E-state index in [1.54, 1.807) is 18.2 Å². The molecule has 4 aromatic rings. The van der Waals surface area contributed by atoms with Gasteiger partial charge in [-0.2, -0.15) is 0 Å². The molecule has 4 aromatic carbocycles. The van der Waals surface area contributed by atoms with Crippen LogP contribution >= 0.6 is 0 Å². The Bertz CT molecular complexity index is 3240. The Hall–Kier alpha value is -10.3. The zero-order valence-electron chi connectivity index (χ0n) is 50.2. The zero-order valence-corrected chi connectivity index (χ0v) is 50.2. The molecule has 20 N–H and O–H groups in total. The fourth-order valence-corrected chi connectivity index (χ4v) is 9.37. The number of hydrogen-bond acceptors (Lipinski definition) is 17. The summed E-state index contributed by atoms with van der Waals surface area (Å²) >= 11 is 0. The van der Waals surface area contributed by atoms with Crippen LogP contribution in [0, 0.1) is 0 Å². The Balaban J connectivity index is 1.60. The van der Waals surface area contributed by atoms with Gasteiger partial charge in [0.1, 0.15) is 23.0 Å². The SMILES string of the molecule is COc1ccc(CC(=O)[C@@H](CCCN=C(N)N)NC(=O)c2cc(CC(=O)[C@@H](CCCNC(N)=O)NC(=O)c3cc(CC(=O)[C@@H](CCCNC(N)=O)NC(=O)c4cc(CC(=O)[C@H](N)CCCNC(N)=O)ccc4OC)ccc3OC)ccc2OC)cc1C(N)=O. The van der Waals surface area contributed by atoms with Crippen LogP contribution < -0.4 is 91.0 Å². The highest BCUT2D eigenvalue weighted by atomic mass is 16.5. The van der Waals surface area contributed by atoms with Gasteiger partial charge in [0, 0.05) is 51.9 Å². The first-order valence-electron chi connectivity index (χ1n) is 28.3. The van der Waals surface area contributed by atoms with E-state index in [2.05, 4.69) is 36.9 Å². The average Bonchev–Trinajstić information content (AvgIpc) is 2.33. The number of Topliss-reactive ketones (excluding diaryl/α,β-unsaturated/α-hetero) is 4. The average molecular weight is 1240 g/mol. The number of nitrogens with two attached hydrogens (primary N) is 7. The molecule has 0 spiro atoms. The molecular weight excluding hydrogens is 1160 g/mol. The Morgan fingerprint density at radius 3 is 1.00 bits per heavy atom. The number of ketones is 4. The second kappa shape index (κ2) is 36.0. The third-order valence-corrected chi connectivity index (χ3v) is 13.9. The van der Waals surface area contributed by atoms with E-state index < -0.39 is 83.2 Å². The van der Waals surface area contributed by atoms with Gasteiger partial charge in [0.2, 0.25) is 0 Å². The van der Waals surface area contributed by atoms with Crippen molar-refractivity contribution in [1.29, 1.82) is 0 Å². The van der Waals surface area contributed by atoms with E-state index in [9.17, 15) is 52.7 Å². The largest absolute Gasteiger partial charge is 0.496 e. The number of rotatable bonds is 39. The number of benzene rings is 4. The van der Waals surface area contributed by atoms with Gasteiger partial charge in [-0.1, -0.05) is 24.3 Å². The molecule has 0 aliphatic carbocycles. The minimum absolute atomic E-state index is 0.00281. The molecule has 0 heterocycles. The number of aliphatic imine (C=N–C) groups is 1. The second-order valence-electron chi connectivity index (χ2n) is 20.5. The fraction of sp³-hybridized carbons (Fsp3) is 0.400. The summed E-state index contributed by atoms with van der Waals surface area (Å²) in [4.78, 5) is 149. The Kier molecular flexibility index (Phi) is 28.8. The van der Waals surface area contributed by atoms with Crippen molar-refractivity contribution in [3.05, 3.63) is 117 Å². The van der Waals surface area contributed by atoms with Gasteiger partial charge in [-0.15, -0.1) is 0 Å². The molecule has 10 amide bonds. The van der Waals surface area contributed by atoms with E-state index in [1.165, 1.54) is 83.0 Å². The van der Waals surface area contributed by atoms with Gasteiger partial charge in [-0.25, -0.2) is 14.4 Å². The number of guanidine groups is 1. The number of ether oxygens (including phenoxy) is 4. The van der Waals surface area contributed by atoms with Crippen LogP contribution in [0.4, 0.5) is 14.4 Å². The van der Waals surface area contributed by atoms with Crippen molar-refractivity contribution in [2.24, 2.45) is 45.1 Å². The number of carbonyl (C=O) groups is 11. The molecule has 4 atom stereocenters. The quantitative estimate of drug-likeness (QED) is 0.0163. The number of carbonyl (C=O) groups excluding carboxylic acids is 11. The normalized spacial score (nSPS) is 12.1. The number of hydrogen-bond donors (Lipinski definition) is 13. The predicted molar refractivity (Wildman–Crippen MR) is 327 cm³/mol. The van der Waals surface area contributed by atoms with E-state index in [0.29, 0.717) is 28.7 Å². The first kappa shape index (κ1) is 71.2. The molecular formula is C60H80N14O15. The summed E-state index contributed by atoms with van der Waals surface area (Å²) < 4.78 is 21.8. The highest BCUT2D eigenvalue weighted by Gasteiger charge is 2.29. The Labute approximate surface area is 514 Å². The van der Waals surface area contributed by atoms with Gasteiger partial charge >= 0.3 is 18.1 Å². The highest BCUT2D eigenvalue weighted by molar-refractivity contribution is 6.04. The minimum atomic E-state index is -1.23. The van der Waals surface area contributed by atoms with E-state index in [-0.39, 0.29) is 154 Å². The fourth-order valence-electron chi connectivity index (χ4n) is 9.37. The van der Waals surface area contributed by atoms with Crippen LogP contribution in [0.2, 0.25) is 0 Å². The van der Waals surface area contributed by atoms with E-state index in [4.69, 9.17) is 59.1 Å². The Morgan fingerprint density at radius 2 is 0.697 bits per heavy atom. The number of primary amides is 4. The van der Waals surface area contributed by atoms with Gasteiger partial charge < -0.3 is 91.0 Å². The molecule has 0 aromatic heterocycles. The molecule has 0 fully saturated rings. The molecule has 0 radical (unpaired) electrons. The lowest BCUT2D eigenvalue weighted by Gasteiger charge is -2.21. The lowest BCUT2D eigenvalue weighted by atomic mass is 9.96. The summed E-state index contributed by atoms with van der Waals surface area (Å²) in [5.74, 6) is -4.54. The van der Waals surface area contributed by atoms with Crippen molar-refractivity contribution in [3.8, 4) is 23.0 Å². The van der Waals surface area contributed by atoms with E-state index >= 15 is 0 Å². The standard InChI is InChI=1S/C60H80N14O15/c1-86-49-17-13-33(25-37(49)53(62)79)30-46(76)42(10-6-21-68-57(63)64)72-55(81)39-27-35(15-19-51(39)88-3)32-48(78)44(12-8-24-71-60(67)85)74-56(82)40-28-36(16-20-52(40)89-4)31-47(77)43(11-7-23-70-59(66)84)73-54(80)38-26-34(14-18-50(38)87-2)29-45(75)41(61)9-5-22-69-58(65)83/h13-20,25-28,41-44H,5-12,21-24,29-32,61H2,1-4H3,(H2,62,79)(H,72,81)(H,73,80)(H,74,82)(H4,63,64,68)(H3,65,69,83)(H3,66,70,84)(H3,67,71,85)/t41-,42-,43-,44-/m1/s1. The van der Waals surface area contributed by atoms with Gasteiger partial charge in [0.05, 0.1) is 74.9 Å². The van der Waals surface area contributed by atoms with Gasteiger partial charge in [0.15, 0.2) is 29.1 Å². The molecule has 0 unspecified atom stereocenters. The van der Waals surface area contributed by atoms with Crippen LogP contribution in [0.25, 0.3) is 0 Å². The van der Waals surface area contributed by atoms with Crippen molar-refractivity contribution in [3.63, 3.8) is 0 Å². The van der Waals surface area contributed by atoms with Gasteiger partial charge in [-0.3, -0.25) is 43.3 Å². The van der Waals surface area contributed by atoms with Crippen LogP contribution in [-0.4, -0.2) is 150 Å². The van der Waals surface area contributed by atoms with Crippen LogP contribution in [0.3, 0.4) is 0 Å². The third-order valence-electron chi connectivity index (χ3n) is 13.9. The summed E-state index contributed by atoms with van der Waals surface area (Å²) in [6.07, 6.45) is 0.265.